The monoisotopic (exact) mass is 248 g/mol. The summed E-state index contributed by atoms with van der Waals surface area (Å²) in [6.07, 6.45) is 0.883. The maximum atomic E-state index is 10.8. The van der Waals surface area contributed by atoms with Crippen molar-refractivity contribution in [1.29, 1.82) is 5.26 Å². The normalized spacial score (nSPS) is 10.7. The predicted octanol–water partition coefficient (Wildman–Crippen LogP) is 0.752. The molecule has 15 heavy (non-hydrogen) atoms. The molecule has 0 atom stereocenters. The quantitative estimate of drug-likeness (QED) is 0.730. The first kappa shape index (κ1) is 11.7. The highest BCUT2D eigenvalue weighted by Gasteiger charge is 2.19. The topological polar surface area (TPSA) is 89.3 Å². The molecule has 1 aromatic heterocycles. The second-order valence-corrected chi connectivity index (χ2v) is 4.79. The molecule has 0 amide bonds. The van der Waals surface area contributed by atoms with E-state index >= 15 is 0 Å². The van der Waals surface area contributed by atoms with Gasteiger partial charge in [-0.25, -0.2) is 0 Å². The minimum Gasteiger partial charge on any atom is -0.482 e. The molecule has 0 saturated heterocycles. The van der Waals surface area contributed by atoms with Gasteiger partial charge in [0.25, 0.3) is 5.88 Å². The summed E-state index contributed by atoms with van der Waals surface area (Å²) in [6.45, 7) is 2.12. The SMILES string of the molecule is CCOc1snc(OS(C)(=O)=O)c1C#N. The minimum absolute atomic E-state index is 0.00674. The lowest BCUT2D eigenvalue weighted by Gasteiger charge is -1.99. The average molecular weight is 248 g/mol. The van der Waals surface area contributed by atoms with Gasteiger partial charge in [-0.05, 0) is 6.92 Å². The number of hydrogen-bond acceptors (Lipinski definition) is 7. The van der Waals surface area contributed by atoms with Gasteiger partial charge >= 0.3 is 10.1 Å². The molecular weight excluding hydrogens is 240 g/mol. The third kappa shape index (κ3) is 3.07. The van der Waals surface area contributed by atoms with Crippen molar-refractivity contribution in [2.75, 3.05) is 12.9 Å². The highest BCUT2D eigenvalue weighted by atomic mass is 32.2. The molecule has 0 fully saturated rings. The summed E-state index contributed by atoms with van der Waals surface area (Å²) in [4.78, 5) is 0. The second-order valence-electron chi connectivity index (χ2n) is 2.48. The number of aromatic nitrogens is 1. The summed E-state index contributed by atoms with van der Waals surface area (Å²) in [5.74, 6) is -0.228. The van der Waals surface area contributed by atoms with Crippen LogP contribution in [-0.2, 0) is 10.1 Å². The van der Waals surface area contributed by atoms with E-state index in [1.165, 1.54) is 0 Å². The van der Waals surface area contributed by atoms with Crippen LogP contribution in [0.1, 0.15) is 12.5 Å². The van der Waals surface area contributed by atoms with Crippen molar-refractivity contribution in [3.05, 3.63) is 5.56 Å². The predicted molar refractivity (Wildman–Crippen MR) is 53.5 cm³/mol. The molecule has 0 bridgehead atoms. The van der Waals surface area contributed by atoms with E-state index in [-0.39, 0.29) is 16.5 Å². The van der Waals surface area contributed by atoms with Gasteiger partial charge in [-0.1, -0.05) is 0 Å². The van der Waals surface area contributed by atoms with E-state index in [2.05, 4.69) is 8.56 Å². The smallest absolute Gasteiger partial charge is 0.307 e. The lowest BCUT2D eigenvalue weighted by atomic mass is 10.4. The highest BCUT2D eigenvalue weighted by molar-refractivity contribution is 7.86. The van der Waals surface area contributed by atoms with Crippen LogP contribution >= 0.6 is 11.5 Å². The van der Waals surface area contributed by atoms with Gasteiger partial charge < -0.3 is 8.92 Å². The van der Waals surface area contributed by atoms with Gasteiger partial charge in [0.1, 0.15) is 6.07 Å². The Balaban J connectivity index is 3.06. The summed E-state index contributed by atoms with van der Waals surface area (Å²) in [5.41, 5.74) is 0.00674. The van der Waals surface area contributed by atoms with Crippen LogP contribution in [0.15, 0.2) is 0 Å². The molecule has 0 aliphatic rings. The van der Waals surface area contributed by atoms with Crippen molar-refractivity contribution < 1.29 is 17.3 Å². The zero-order valence-corrected chi connectivity index (χ0v) is 9.68. The van der Waals surface area contributed by atoms with E-state index in [0.717, 1.165) is 17.8 Å². The third-order valence-corrected chi connectivity index (χ3v) is 2.45. The van der Waals surface area contributed by atoms with Crippen molar-refractivity contribution in [3.8, 4) is 17.0 Å². The highest BCUT2D eigenvalue weighted by Crippen LogP contribution is 2.32. The molecule has 1 rings (SSSR count). The largest absolute Gasteiger partial charge is 0.482 e. The number of nitriles is 1. The van der Waals surface area contributed by atoms with E-state index in [0.29, 0.717) is 6.61 Å². The van der Waals surface area contributed by atoms with Crippen molar-refractivity contribution in [3.63, 3.8) is 0 Å². The molecule has 0 aromatic carbocycles. The standard InChI is InChI=1S/C7H8N2O4S2/c1-3-12-7-5(4-8)6(9-14-7)13-15(2,10)11/h3H2,1-2H3. The maximum Gasteiger partial charge on any atom is 0.307 e. The molecule has 1 heterocycles. The molecular formula is C7H8N2O4S2. The first-order chi connectivity index (χ1) is 6.98. The minimum atomic E-state index is -3.67. The molecule has 0 radical (unpaired) electrons. The fourth-order valence-corrected chi connectivity index (χ4v) is 1.93. The fourth-order valence-electron chi connectivity index (χ4n) is 0.785. The summed E-state index contributed by atoms with van der Waals surface area (Å²) in [6, 6.07) is 1.79. The van der Waals surface area contributed by atoms with Crippen LogP contribution in [-0.4, -0.2) is 25.7 Å². The average Bonchev–Trinajstić information content (AvgIpc) is 2.45. The van der Waals surface area contributed by atoms with E-state index < -0.39 is 10.1 Å². The van der Waals surface area contributed by atoms with Crippen LogP contribution in [0.25, 0.3) is 0 Å². The number of hydrogen-bond donors (Lipinski definition) is 0. The summed E-state index contributed by atoms with van der Waals surface area (Å²) >= 11 is 0.882. The Labute approximate surface area is 91.3 Å². The Morgan fingerprint density at radius 2 is 2.27 bits per heavy atom. The lowest BCUT2D eigenvalue weighted by molar-refractivity contribution is 0.348. The Morgan fingerprint density at radius 1 is 1.60 bits per heavy atom. The molecule has 0 saturated carbocycles. The fraction of sp³-hybridized carbons (Fsp3) is 0.429. The maximum absolute atomic E-state index is 10.8. The van der Waals surface area contributed by atoms with Crippen molar-refractivity contribution in [2.45, 2.75) is 6.92 Å². The van der Waals surface area contributed by atoms with Crippen LogP contribution in [0, 0.1) is 11.3 Å². The first-order valence-electron chi connectivity index (χ1n) is 3.90. The number of rotatable bonds is 4. The molecule has 0 aliphatic carbocycles. The summed E-state index contributed by atoms with van der Waals surface area (Å²) in [7, 11) is -3.67. The second kappa shape index (κ2) is 4.46. The van der Waals surface area contributed by atoms with Gasteiger partial charge in [0.05, 0.1) is 12.9 Å². The molecule has 1 aromatic rings. The molecule has 82 valence electrons. The van der Waals surface area contributed by atoms with Crippen LogP contribution in [0.3, 0.4) is 0 Å². The van der Waals surface area contributed by atoms with E-state index in [1.54, 1.807) is 13.0 Å². The molecule has 6 nitrogen and oxygen atoms in total. The van der Waals surface area contributed by atoms with Gasteiger partial charge in [0.2, 0.25) is 5.06 Å². The molecule has 8 heteroatoms. The lowest BCUT2D eigenvalue weighted by Crippen LogP contribution is -2.06. The van der Waals surface area contributed by atoms with Gasteiger partial charge in [-0.3, -0.25) is 0 Å². The number of ether oxygens (including phenoxy) is 1. The third-order valence-electron chi connectivity index (χ3n) is 1.25. The van der Waals surface area contributed by atoms with Crippen molar-refractivity contribution >= 4 is 21.7 Å². The van der Waals surface area contributed by atoms with Crippen LogP contribution < -0.4 is 8.92 Å². The van der Waals surface area contributed by atoms with Crippen molar-refractivity contribution in [1.82, 2.24) is 4.37 Å². The first-order valence-corrected chi connectivity index (χ1v) is 6.49. The molecule has 0 aliphatic heterocycles. The number of nitrogens with zero attached hydrogens (tertiary/aromatic N) is 2. The van der Waals surface area contributed by atoms with Crippen LogP contribution in [0.4, 0.5) is 0 Å². The van der Waals surface area contributed by atoms with Crippen LogP contribution in [0.2, 0.25) is 0 Å². The molecule has 0 spiro atoms. The Morgan fingerprint density at radius 3 is 2.73 bits per heavy atom. The Hall–Kier alpha value is -1.33. The molecule has 0 N–H and O–H groups in total. The van der Waals surface area contributed by atoms with Crippen LogP contribution in [0.5, 0.6) is 10.9 Å². The zero-order chi connectivity index (χ0) is 11.5. The van der Waals surface area contributed by atoms with Gasteiger partial charge in [0.15, 0.2) is 5.56 Å². The van der Waals surface area contributed by atoms with E-state index in [4.69, 9.17) is 10.00 Å². The Bertz CT molecular complexity index is 486. The molecule has 0 unspecified atom stereocenters. The van der Waals surface area contributed by atoms with Crippen molar-refractivity contribution in [2.24, 2.45) is 0 Å². The van der Waals surface area contributed by atoms with E-state index in [9.17, 15) is 8.42 Å². The zero-order valence-electron chi connectivity index (χ0n) is 8.05. The van der Waals surface area contributed by atoms with Gasteiger partial charge in [-0.15, -0.1) is 4.37 Å². The van der Waals surface area contributed by atoms with E-state index in [1.807, 2.05) is 0 Å². The van der Waals surface area contributed by atoms with Gasteiger partial charge in [0, 0.05) is 11.5 Å². The van der Waals surface area contributed by atoms with Gasteiger partial charge in [-0.2, -0.15) is 13.7 Å². The summed E-state index contributed by atoms with van der Waals surface area (Å²) < 4.78 is 34.9. The summed E-state index contributed by atoms with van der Waals surface area (Å²) in [5, 5.41) is 9.04. The Kier molecular flexibility index (Phi) is 3.49.